The molecular weight excluding hydrogens is 450 g/mol. The molecule has 3 aromatic rings. The Morgan fingerprint density at radius 3 is 2.47 bits per heavy atom. The highest BCUT2D eigenvalue weighted by molar-refractivity contribution is 7.93. The second-order valence-electron chi connectivity index (χ2n) is 7.22. The molecule has 0 spiro atoms. The summed E-state index contributed by atoms with van der Waals surface area (Å²) in [6.45, 7) is 0.306. The maximum Gasteiger partial charge on any atom is 0.265 e. The van der Waals surface area contributed by atoms with Crippen LogP contribution in [0, 0.1) is 0 Å². The van der Waals surface area contributed by atoms with E-state index in [4.69, 9.17) is 11.6 Å². The fourth-order valence-corrected chi connectivity index (χ4v) is 5.61. The highest BCUT2D eigenvalue weighted by atomic mass is 35.5. The molecule has 0 saturated heterocycles. The number of carbonyl (C=O) groups is 2. The third-order valence-electron chi connectivity index (χ3n) is 5.22. The smallest absolute Gasteiger partial charge is 0.265 e. The molecule has 0 atom stereocenters. The average Bonchev–Trinajstić information content (AvgIpc) is 3.24. The van der Waals surface area contributed by atoms with Gasteiger partial charge in [-0.25, -0.2) is 8.42 Å². The van der Waals surface area contributed by atoms with E-state index in [2.05, 4.69) is 10.6 Å². The zero-order chi connectivity index (χ0) is 22.9. The predicted molar refractivity (Wildman–Crippen MR) is 124 cm³/mol. The van der Waals surface area contributed by atoms with Gasteiger partial charge in [-0.15, -0.1) is 0 Å². The lowest BCUT2D eigenvalue weighted by atomic mass is 10.1. The summed E-state index contributed by atoms with van der Waals surface area (Å²) in [5.41, 5.74) is 2.48. The Hall–Kier alpha value is -3.36. The number of fused-ring (bicyclic) bond motifs is 1. The summed E-state index contributed by atoms with van der Waals surface area (Å²) in [5, 5.41) is 5.25. The number of sulfonamides is 1. The maximum absolute atomic E-state index is 13.4. The second kappa shape index (κ2) is 8.64. The van der Waals surface area contributed by atoms with Crippen molar-refractivity contribution in [2.24, 2.45) is 0 Å². The summed E-state index contributed by atoms with van der Waals surface area (Å²) < 4.78 is 28.1. The van der Waals surface area contributed by atoms with Crippen LogP contribution in [0.1, 0.15) is 26.3 Å². The summed E-state index contributed by atoms with van der Waals surface area (Å²) >= 11 is 6.24. The first-order chi connectivity index (χ1) is 15.3. The fraction of sp³-hybridized carbons (Fsp3) is 0.130. The van der Waals surface area contributed by atoms with Crippen LogP contribution in [0.3, 0.4) is 0 Å². The van der Waals surface area contributed by atoms with Crippen LogP contribution in [-0.4, -0.2) is 33.8 Å². The van der Waals surface area contributed by atoms with Crippen LogP contribution in [0.4, 0.5) is 11.4 Å². The van der Waals surface area contributed by atoms with E-state index in [1.54, 1.807) is 30.3 Å². The van der Waals surface area contributed by atoms with E-state index in [0.717, 1.165) is 5.56 Å². The molecule has 0 radical (unpaired) electrons. The van der Waals surface area contributed by atoms with Gasteiger partial charge in [0.05, 0.1) is 10.7 Å². The topological polar surface area (TPSA) is 95.6 Å². The van der Waals surface area contributed by atoms with E-state index in [1.807, 2.05) is 12.1 Å². The molecule has 1 aliphatic rings. The van der Waals surface area contributed by atoms with Crippen molar-refractivity contribution in [1.29, 1.82) is 0 Å². The van der Waals surface area contributed by atoms with Gasteiger partial charge in [-0.3, -0.25) is 13.9 Å². The number of anilines is 2. The van der Waals surface area contributed by atoms with Crippen LogP contribution >= 0.6 is 11.6 Å². The fourth-order valence-electron chi connectivity index (χ4n) is 3.60. The van der Waals surface area contributed by atoms with Crippen molar-refractivity contribution < 1.29 is 18.0 Å². The van der Waals surface area contributed by atoms with Gasteiger partial charge in [-0.05, 0) is 54.4 Å². The van der Waals surface area contributed by atoms with Crippen molar-refractivity contribution in [3.05, 3.63) is 88.4 Å². The number of amides is 2. The summed E-state index contributed by atoms with van der Waals surface area (Å²) in [6, 6.07) is 17.9. The first kappa shape index (κ1) is 21.9. The van der Waals surface area contributed by atoms with Crippen LogP contribution in [0.5, 0.6) is 0 Å². The van der Waals surface area contributed by atoms with Gasteiger partial charge in [0, 0.05) is 30.4 Å². The minimum absolute atomic E-state index is 0.0348. The van der Waals surface area contributed by atoms with Gasteiger partial charge in [0.25, 0.3) is 21.8 Å². The van der Waals surface area contributed by atoms with E-state index in [1.165, 1.54) is 35.6 Å². The van der Waals surface area contributed by atoms with Crippen LogP contribution in [0.2, 0.25) is 5.02 Å². The molecule has 9 heteroatoms. The molecule has 2 amide bonds. The van der Waals surface area contributed by atoms with E-state index >= 15 is 0 Å². The van der Waals surface area contributed by atoms with E-state index < -0.39 is 15.9 Å². The van der Waals surface area contributed by atoms with Crippen molar-refractivity contribution in [2.45, 2.75) is 11.3 Å². The Kier molecular flexibility index (Phi) is 5.90. The standard InChI is InChI=1S/C23H20ClN3O4S/c1-25-22(28)16-6-4-7-18(13-16)26-23(29)17-9-10-19(24)21(14-17)32(30,31)27-12-11-15-5-2-3-8-20(15)27/h2-10,13-14H,11-12H2,1H3,(H,25,28)(H,26,29). The summed E-state index contributed by atoms with van der Waals surface area (Å²) in [6.07, 6.45) is 0.606. The van der Waals surface area contributed by atoms with Crippen LogP contribution < -0.4 is 14.9 Å². The second-order valence-corrected chi connectivity index (χ2v) is 9.45. The number of benzene rings is 3. The average molecular weight is 470 g/mol. The van der Waals surface area contributed by atoms with Crippen molar-refractivity contribution in [1.82, 2.24) is 5.32 Å². The molecule has 0 unspecified atom stereocenters. The van der Waals surface area contributed by atoms with Gasteiger partial charge in [0.15, 0.2) is 0 Å². The zero-order valence-corrected chi connectivity index (χ0v) is 18.7. The number of hydrogen-bond donors (Lipinski definition) is 2. The Morgan fingerprint density at radius 1 is 0.938 bits per heavy atom. The maximum atomic E-state index is 13.4. The molecule has 0 fully saturated rings. The first-order valence-electron chi connectivity index (χ1n) is 9.85. The highest BCUT2D eigenvalue weighted by Crippen LogP contribution is 2.35. The van der Waals surface area contributed by atoms with Gasteiger partial charge in [-0.1, -0.05) is 35.9 Å². The quantitative estimate of drug-likeness (QED) is 0.595. The largest absolute Gasteiger partial charge is 0.355 e. The van der Waals surface area contributed by atoms with Gasteiger partial charge >= 0.3 is 0 Å². The van der Waals surface area contributed by atoms with Crippen LogP contribution in [0.25, 0.3) is 0 Å². The lowest BCUT2D eigenvalue weighted by Gasteiger charge is -2.20. The number of carbonyl (C=O) groups excluding carboxylic acids is 2. The number of nitrogens with one attached hydrogen (secondary N) is 2. The molecule has 2 N–H and O–H groups in total. The number of halogens is 1. The van der Waals surface area contributed by atoms with Crippen LogP contribution in [0.15, 0.2) is 71.6 Å². The number of para-hydroxylation sites is 1. The molecule has 164 valence electrons. The van der Waals surface area contributed by atoms with Gasteiger partial charge < -0.3 is 10.6 Å². The van der Waals surface area contributed by atoms with Gasteiger partial charge in [0.2, 0.25) is 0 Å². The molecule has 1 heterocycles. The van der Waals surface area contributed by atoms with Crippen molar-refractivity contribution in [3.8, 4) is 0 Å². The molecule has 0 aliphatic carbocycles. The SMILES string of the molecule is CNC(=O)c1cccc(NC(=O)c2ccc(Cl)c(S(=O)(=O)N3CCc4ccccc43)c2)c1. The molecule has 7 nitrogen and oxygen atoms in total. The third-order valence-corrected chi connectivity index (χ3v) is 7.51. The Morgan fingerprint density at radius 2 is 1.69 bits per heavy atom. The first-order valence-corrected chi connectivity index (χ1v) is 11.7. The van der Waals surface area contributed by atoms with Crippen molar-refractivity contribution in [3.63, 3.8) is 0 Å². The van der Waals surface area contributed by atoms with E-state index in [9.17, 15) is 18.0 Å². The van der Waals surface area contributed by atoms with Gasteiger partial charge in [-0.2, -0.15) is 0 Å². The lowest BCUT2D eigenvalue weighted by molar-refractivity contribution is 0.0961. The van der Waals surface area contributed by atoms with E-state index in [0.29, 0.717) is 29.9 Å². The molecule has 0 saturated carbocycles. The Balaban J connectivity index is 1.63. The van der Waals surface area contributed by atoms with Crippen molar-refractivity contribution >= 4 is 44.8 Å². The molecule has 0 bridgehead atoms. The third kappa shape index (κ3) is 4.06. The van der Waals surface area contributed by atoms with Crippen LogP contribution in [-0.2, 0) is 16.4 Å². The number of rotatable bonds is 5. The number of nitrogens with zero attached hydrogens (tertiary/aromatic N) is 1. The summed E-state index contributed by atoms with van der Waals surface area (Å²) in [7, 11) is -2.45. The zero-order valence-electron chi connectivity index (χ0n) is 17.1. The molecule has 3 aromatic carbocycles. The predicted octanol–water partition coefficient (Wildman–Crippen LogP) is 3.70. The summed E-state index contributed by atoms with van der Waals surface area (Å²) in [5.74, 6) is -0.805. The molecule has 0 aromatic heterocycles. The Bertz CT molecular complexity index is 1320. The minimum Gasteiger partial charge on any atom is -0.355 e. The lowest BCUT2D eigenvalue weighted by Crippen LogP contribution is -2.29. The minimum atomic E-state index is -3.96. The van der Waals surface area contributed by atoms with Crippen molar-refractivity contribution in [2.75, 3.05) is 23.2 Å². The normalized spacial score (nSPS) is 12.9. The molecular formula is C23H20ClN3O4S. The van der Waals surface area contributed by atoms with Gasteiger partial charge in [0.1, 0.15) is 4.90 Å². The molecule has 32 heavy (non-hydrogen) atoms. The number of hydrogen-bond acceptors (Lipinski definition) is 4. The molecule has 4 rings (SSSR count). The monoisotopic (exact) mass is 469 g/mol. The highest BCUT2D eigenvalue weighted by Gasteiger charge is 2.32. The molecule has 1 aliphatic heterocycles. The van der Waals surface area contributed by atoms with E-state index in [-0.39, 0.29) is 21.4 Å². The summed E-state index contributed by atoms with van der Waals surface area (Å²) in [4.78, 5) is 24.5. The Labute approximate surface area is 191 Å².